The molecule has 0 bridgehead atoms. The molecule has 42 heavy (non-hydrogen) atoms. The van der Waals surface area contributed by atoms with Gasteiger partial charge in [0.25, 0.3) is 5.91 Å². The highest BCUT2D eigenvalue weighted by Crippen LogP contribution is 2.44. The fraction of sp³-hybridized carbons (Fsp3) is 0.182. The first kappa shape index (κ1) is 29.0. The summed E-state index contributed by atoms with van der Waals surface area (Å²) >= 11 is 3.40. The molecule has 1 unspecified atom stereocenters. The molecular weight excluding hydrogens is 598 g/mol. The fourth-order valence-corrected chi connectivity index (χ4v) is 5.68. The average molecular weight is 629 g/mol. The van der Waals surface area contributed by atoms with Crippen LogP contribution < -0.4 is 10.6 Å². The summed E-state index contributed by atoms with van der Waals surface area (Å²) in [5.74, 6) is -1.73. The van der Waals surface area contributed by atoms with Crippen molar-refractivity contribution in [3.8, 4) is 11.1 Å². The first-order valence-corrected chi connectivity index (χ1v) is 14.3. The van der Waals surface area contributed by atoms with Crippen LogP contribution in [0.5, 0.6) is 0 Å². The van der Waals surface area contributed by atoms with Crippen molar-refractivity contribution >= 4 is 39.6 Å². The molecule has 8 nitrogen and oxygen atoms in total. The number of hydrogen-bond acceptors (Lipinski definition) is 5. The third kappa shape index (κ3) is 6.70. The molecule has 1 aliphatic carbocycles. The minimum absolute atomic E-state index is 0.0634. The standard InChI is InChI=1S/C33H30BrN3O5/c1-37(18-21-9-3-2-4-10-21)19-30(32(39)40)35-31(38)22-15-16-29(28(34)17-22)36-33(41)42-20-27-25-13-7-5-11-23(25)24-12-6-8-14-26(24)27/h2-17,27,30H,18-20H2,1H3,(H,35,38)(H,36,41)(H,39,40). The summed E-state index contributed by atoms with van der Waals surface area (Å²) in [6, 6.07) is 29.4. The first-order valence-electron chi connectivity index (χ1n) is 13.5. The van der Waals surface area contributed by atoms with E-state index in [2.05, 4.69) is 50.8 Å². The van der Waals surface area contributed by atoms with Gasteiger partial charge >= 0.3 is 12.1 Å². The Labute approximate surface area is 252 Å². The van der Waals surface area contributed by atoms with Crippen LogP contribution in [0.1, 0.15) is 33.0 Å². The van der Waals surface area contributed by atoms with Crippen molar-refractivity contribution in [2.75, 3.05) is 25.5 Å². The van der Waals surface area contributed by atoms with Gasteiger partial charge < -0.3 is 15.2 Å². The Morgan fingerprint density at radius 2 is 1.52 bits per heavy atom. The number of aliphatic carboxylic acids is 1. The summed E-state index contributed by atoms with van der Waals surface area (Å²) in [7, 11) is 1.80. The average Bonchev–Trinajstić information content (AvgIpc) is 3.30. The van der Waals surface area contributed by atoms with Gasteiger partial charge in [0, 0.05) is 29.0 Å². The number of benzene rings is 4. The van der Waals surface area contributed by atoms with Gasteiger partial charge in [-0.15, -0.1) is 0 Å². The molecule has 0 fully saturated rings. The van der Waals surface area contributed by atoms with Crippen LogP contribution in [0, 0.1) is 0 Å². The molecule has 0 spiro atoms. The second-order valence-corrected chi connectivity index (χ2v) is 11.0. The fourth-order valence-electron chi connectivity index (χ4n) is 5.20. The van der Waals surface area contributed by atoms with Crippen molar-refractivity contribution in [1.82, 2.24) is 10.2 Å². The Morgan fingerprint density at radius 1 is 0.905 bits per heavy atom. The number of ether oxygens (including phenoxy) is 1. The molecule has 0 aliphatic heterocycles. The van der Waals surface area contributed by atoms with Crippen LogP contribution in [0.4, 0.5) is 10.5 Å². The van der Waals surface area contributed by atoms with Gasteiger partial charge in [-0.1, -0.05) is 78.9 Å². The number of nitrogens with one attached hydrogen (secondary N) is 2. The topological polar surface area (TPSA) is 108 Å². The number of carbonyl (C=O) groups excluding carboxylic acids is 2. The zero-order valence-electron chi connectivity index (χ0n) is 22.9. The number of likely N-dealkylation sites (N-methyl/N-ethyl adjacent to an activating group) is 1. The molecule has 214 valence electrons. The SMILES string of the molecule is CN(Cc1ccccc1)CC(NC(=O)c1ccc(NC(=O)OCC2c3ccccc3-c3ccccc32)c(Br)c1)C(=O)O. The Kier molecular flexibility index (Phi) is 9.00. The van der Waals surface area contributed by atoms with Crippen molar-refractivity contribution in [2.45, 2.75) is 18.5 Å². The van der Waals surface area contributed by atoms with Gasteiger partial charge in [0.1, 0.15) is 12.6 Å². The predicted molar refractivity (Wildman–Crippen MR) is 164 cm³/mol. The predicted octanol–water partition coefficient (Wildman–Crippen LogP) is 6.13. The highest BCUT2D eigenvalue weighted by atomic mass is 79.9. The molecule has 0 saturated heterocycles. The molecule has 3 N–H and O–H groups in total. The molecule has 0 saturated carbocycles. The quantitative estimate of drug-likeness (QED) is 0.195. The van der Waals surface area contributed by atoms with E-state index in [9.17, 15) is 19.5 Å². The van der Waals surface area contributed by atoms with E-state index in [0.29, 0.717) is 16.7 Å². The minimum Gasteiger partial charge on any atom is -0.480 e. The van der Waals surface area contributed by atoms with E-state index in [1.165, 1.54) is 12.1 Å². The van der Waals surface area contributed by atoms with Gasteiger partial charge in [-0.3, -0.25) is 15.0 Å². The van der Waals surface area contributed by atoms with Crippen LogP contribution >= 0.6 is 15.9 Å². The number of carboxylic acids is 1. The number of hydrogen-bond donors (Lipinski definition) is 3. The van der Waals surface area contributed by atoms with Crippen LogP contribution in [-0.2, 0) is 16.1 Å². The number of nitrogens with zero attached hydrogens (tertiary/aromatic N) is 1. The Bertz CT molecular complexity index is 1570. The third-order valence-corrected chi connectivity index (χ3v) is 7.86. The molecule has 0 radical (unpaired) electrons. The van der Waals surface area contributed by atoms with Crippen LogP contribution in [0.2, 0.25) is 0 Å². The van der Waals surface area contributed by atoms with Crippen molar-refractivity contribution < 1.29 is 24.2 Å². The van der Waals surface area contributed by atoms with Crippen LogP contribution in [0.15, 0.2) is 102 Å². The zero-order valence-corrected chi connectivity index (χ0v) is 24.5. The normalized spacial score (nSPS) is 12.7. The van der Waals surface area contributed by atoms with Crippen molar-refractivity contribution in [3.05, 3.63) is 124 Å². The zero-order chi connectivity index (χ0) is 29.6. The Morgan fingerprint density at radius 3 is 2.14 bits per heavy atom. The number of carboxylic acid groups (broad SMARTS) is 1. The smallest absolute Gasteiger partial charge is 0.411 e. The largest absolute Gasteiger partial charge is 0.480 e. The van der Waals surface area contributed by atoms with E-state index in [4.69, 9.17) is 4.74 Å². The second-order valence-electron chi connectivity index (χ2n) is 10.2. The second kappa shape index (κ2) is 13.0. The van der Waals surface area contributed by atoms with Crippen LogP contribution in [0.25, 0.3) is 11.1 Å². The van der Waals surface area contributed by atoms with E-state index < -0.39 is 24.0 Å². The first-order chi connectivity index (χ1) is 20.3. The number of rotatable bonds is 10. The van der Waals surface area contributed by atoms with E-state index in [1.54, 1.807) is 13.1 Å². The maximum absolute atomic E-state index is 12.9. The van der Waals surface area contributed by atoms with E-state index in [0.717, 1.165) is 27.8 Å². The molecule has 0 heterocycles. The highest BCUT2D eigenvalue weighted by molar-refractivity contribution is 9.10. The molecular formula is C33H30BrN3O5. The van der Waals surface area contributed by atoms with Crippen molar-refractivity contribution in [1.29, 1.82) is 0 Å². The van der Waals surface area contributed by atoms with Gasteiger partial charge in [-0.25, -0.2) is 9.59 Å². The highest BCUT2D eigenvalue weighted by Gasteiger charge is 2.29. The molecule has 1 aliphatic rings. The molecule has 2 amide bonds. The number of amides is 2. The van der Waals surface area contributed by atoms with Crippen LogP contribution in [0.3, 0.4) is 0 Å². The van der Waals surface area contributed by atoms with Crippen molar-refractivity contribution in [2.24, 2.45) is 0 Å². The molecule has 4 aromatic carbocycles. The maximum Gasteiger partial charge on any atom is 0.411 e. The minimum atomic E-state index is -1.13. The van der Waals surface area contributed by atoms with Gasteiger partial charge in [-0.2, -0.15) is 0 Å². The molecule has 0 aromatic heterocycles. The van der Waals surface area contributed by atoms with Crippen molar-refractivity contribution in [3.63, 3.8) is 0 Å². The lowest BCUT2D eigenvalue weighted by molar-refractivity contribution is -0.139. The van der Waals surface area contributed by atoms with Gasteiger partial charge in [0.15, 0.2) is 0 Å². The summed E-state index contributed by atoms with van der Waals surface area (Å²) in [6.45, 7) is 0.841. The lowest BCUT2D eigenvalue weighted by atomic mass is 9.98. The lowest BCUT2D eigenvalue weighted by Gasteiger charge is -2.22. The Hall–Kier alpha value is -4.47. The molecule has 5 rings (SSSR count). The monoisotopic (exact) mass is 627 g/mol. The number of fused-ring (bicyclic) bond motifs is 3. The van der Waals surface area contributed by atoms with E-state index >= 15 is 0 Å². The summed E-state index contributed by atoms with van der Waals surface area (Å²) in [5.41, 5.74) is 6.23. The molecule has 9 heteroatoms. The Balaban J connectivity index is 1.17. The van der Waals surface area contributed by atoms with Gasteiger partial charge in [-0.05, 0) is 69.0 Å². The van der Waals surface area contributed by atoms with Gasteiger partial charge in [0.2, 0.25) is 0 Å². The number of carbonyl (C=O) groups is 3. The summed E-state index contributed by atoms with van der Waals surface area (Å²) in [6.07, 6.45) is -0.623. The maximum atomic E-state index is 12.9. The molecule has 1 atom stereocenters. The van der Waals surface area contributed by atoms with Gasteiger partial charge in [0.05, 0.1) is 5.69 Å². The molecule has 4 aromatic rings. The summed E-state index contributed by atoms with van der Waals surface area (Å²) in [5, 5.41) is 15.0. The van der Waals surface area contributed by atoms with E-state index in [-0.39, 0.29) is 24.6 Å². The van der Waals surface area contributed by atoms with E-state index in [1.807, 2.05) is 59.5 Å². The van der Waals surface area contributed by atoms with Crippen LogP contribution in [-0.4, -0.2) is 54.2 Å². The summed E-state index contributed by atoms with van der Waals surface area (Å²) in [4.78, 5) is 39.3. The number of halogens is 1. The summed E-state index contributed by atoms with van der Waals surface area (Å²) < 4.78 is 6.07. The third-order valence-electron chi connectivity index (χ3n) is 7.20. The number of anilines is 1. The lowest BCUT2D eigenvalue weighted by Crippen LogP contribution is -2.47.